The summed E-state index contributed by atoms with van der Waals surface area (Å²) in [5.74, 6) is -0.801. The van der Waals surface area contributed by atoms with Crippen molar-refractivity contribution >= 4 is 35.0 Å². The highest BCUT2D eigenvalue weighted by Gasteiger charge is 2.31. The van der Waals surface area contributed by atoms with E-state index in [1.807, 2.05) is 24.4 Å². The number of aromatic nitrogens is 1. The molecule has 1 aliphatic heterocycles. The lowest BCUT2D eigenvalue weighted by Gasteiger charge is -2.39. The number of fused-ring (bicyclic) bond motifs is 1. The molecule has 4 rings (SSSR count). The molecule has 1 saturated heterocycles. The molecule has 1 unspecified atom stereocenters. The van der Waals surface area contributed by atoms with Crippen molar-refractivity contribution in [1.29, 1.82) is 0 Å². The summed E-state index contributed by atoms with van der Waals surface area (Å²) in [6.07, 6.45) is 2.75. The van der Waals surface area contributed by atoms with Crippen molar-refractivity contribution in [3.05, 3.63) is 64.8 Å². The van der Waals surface area contributed by atoms with Gasteiger partial charge in [-0.05, 0) is 61.7 Å². The molecule has 1 atom stereocenters. The normalized spacial score (nSPS) is 15.6. The third-order valence-electron chi connectivity index (χ3n) is 6.13. The van der Waals surface area contributed by atoms with Crippen LogP contribution in [0.2, 0.25) is 0 Å². The number of halogens is 1. The van der Waals surface area contributed by atoms with Crippen LogP contribution in [0.3, 0.4) is 0 Å². The molecule has 1 aromatic heterocycles. The predicted octanol–water partition coefficient (Wildman–Crippen LogP) is 3.66. The number of nitrogens with two attached hydrogens (primary N) is 1. The van der Waals surface area contributed by atoms with Gasteiger partial charge in [0.05, 0.1) is 0 Å². The minimum Gasteiger partial charge on any atom is -0.480 e. The highest BCUT2D eigenvalue weighted by atomic mass is 35.5. The summed E-state index contributed by atoms with van der Waals surface area (Å²) in [7, 11) is 0. The van der Waals surface area contributed by atoms with Crippen molar-refractivity contribution in [3.63, 3.8) is 0 Å². The molecule has 7 heteroatoms. The summed E-state index contributed by atoms with van der Waals surface area (Å²) < 4.78 is 0. The number of hydrogen-bond acceptors (Lipinski definition) is 4. The first kappa shape index (κ1) is 23.1. The van der Waals surface area contributed by atoms with Gasteiger partial charge in [-0.2, -0.15) is 0 Å². The standard InChI is InChI=1S/C24H30N4O2.ClH/c1-16-3-6-22(17(2)13-16)27-9-11-28(12-10-27)23(24(29)30)18-4-5-21-20(14-18)19(7-8-25)15-26-21;/h3-6,13-15,23,26H,7-12,25H2,1-2H3,(H,29,30);1H. The van der Waals surface area contributed by atoms with Gasteiger partial charge in [0.25, 0.3) is 0 Å². The Morgan fingerprint density at radius 3 is 2.52 bits per heavy atom. The third-order valence-corrected chi connectivity index (χ3v) is 6.13. The van der Waals surface area contributed by atoms with E-state index in [0.29, 0.717) is 19.6 Å². The van der Waals surface area contributed by atoms with Crippen LogP contribution in [0, 0.1) is 13.8 Å². The van der Waals surface area contributed by atoms with E-state index < -0.39 is 12.0 Å². The molecule has 0 amide bonds. The first-order valence-corrected chi connectivity index (χ1v) is 10.6. The Kier molecular flexibility index (Phi) is 7.26. The van der Waals surface area contributed by atoms with E-state index in [1.54, 1.807) is 0 Å². The molecular weight excluding hydrogens is 412 g/mol. The Morgan fingerprint density at radius 2 is 1.87 bits per heavy atom. The van der Waals surface area contributed by atoms with E-state index in [-0.39, 0.29) is 12.4 Å². The second-order valence-electron chi connectivity index (χ2n) is 8.21. The van der Waals surface area contributed by atoms with Gasteiger partial charge in [0.15, 0.2) is 0 Å². The van der Waals surface area contributed by atoms with Crippen molar-refractivity contribution < 1.29 is 9.90 Å². The van der Waals surface area contributed by atoms with Crippen molar-refractivity contribution in [1.82, 2.24) is 9.88 Å². The molecule has 3 aromatic rings. The van der Waals surface area contributed by atoms with Gasteiger partial charge in [0, 0.05) is 49.0 Å². The summed E-state index contributed by atoms with van der Waals surface area (Å²) >= 11 is 0. The van der Waals surface area contributed by atoms with E-state index in [0.717, 1.165) is 41.5 Å². The molecule has 2 aromatic carbocycles. The molecule has 31 heavy (non-hydrogen) atoms. The maximum absolute atomic E-state index is 12.2. The topological polar surface area (TPSA) is 85.6 Å². The fourth-order valence-electron chi connectivity index (χ4n) is 4.62. The predicted molar refractivity (Wildman–Crippen MR) is 128 cm³/mol. The van der Waals surface area contributed by atoms with E-state index in [2.05, 4.69) is 46.8 Å². The molecule has 166 valence electrons. The number of aliphatic carboxylic acids is 1. The lowest BCUT2D eigenvalue weighted by Crippen LogP contribution is -2.49. The molecule has 0 bridgehead atoms. The maximum Gasteiger partial charge on any atom is 0.325 e. The minimum atomic E-state index is -0.801. The molecule has 2 heterocycles. The van der Waals surface area contributed by atoms with Crippen molar-refractivity contribution in [2.24, 2.45) is 5.73 Å². The number of benzene rings is 2. The quantitative estimate of drug-likeness (QED) is 0.542. The van der Waals surface area contributed by atoms with Crippen LogP contribution in [-0.2, 0) is 11.2 Å². The molecule has 1 fully saturated rings. The van der Waals surface area contributed by atoms with Gasteiger partial charge in [0.1, 0.15) is 6.04 Å². The number of anilines is 1. The Bertz CT molecular complexity index is 1060. The molecule has 6 nitrogen and oxygen atoms in total. The summed E-state index contributed by atoms with van der Waals surface area (Å²) in [5, 5.41) is 11.1. The van der Waals surface area contributed by atoms with Crippen LogP contribution in [-0.4, -0.2) is 53.7 Å². The number of H-pyrrole nitrogens is 1. The lowest BCUT2D eigenvalue weighted by atomic mass is 10.00. The summed E-state index contributed by atoms with van der Waals surface area (Å²) in [5.41, 5.74) is 12.5. The number of carboxylic acids is 1. The Morgan fingerprint density at radius 1 is 1.13 bits per heavy atom. The first-order valence-electron chi connectivity index (χ1n) is 10.6. The van der Waals surface area contributed by atoms with E-state index in [4.69, 9.17) is 5.73 Å². The van der Waals surface area contributed by atoms with Gasteiger partial charge in [-0.1, -0.05) is 23.8 Å². The van der Waals surface area contributed by atoms with Crippen LogP contribution in [0.4, 0.5) is 5.69 Å². The average Bonchev–Trinajstić information content (AvgIpc) is 3.11. The van der Waals surface area contributed by atoms with Crippen molar-refractivity contribution in [3.8, 4) is 0 Å². The number of carboxylic acid groups (broad SMARTS) is 1. The number of aromatic amines is 1. The van der Waals surface area contributed by atoms with Crippen LogP contribution in [0.25, 0.3) is 10.9 Å². The van der Waals surface area contributed by atoms with Crippen LogP contribution in [0.15, 0.2) is 42.6 Å². The lowest BCUT2D eigenvalue weighted by molar-refractivity contribution is -0.143. The number of carbonyl (C=O) groups is 1. The smallest absolute Gasteiger partial charge is 0.325 e. The van der Waals surface area contributed by atoms with Gasteiger partial charge < -0.3 is 20.7 Å². The van der Waals surface area contributed by atoms with Crippen LogP contribution in [0.5, 0.6) is 0 Å². The van der Waals surface area contributed by atoms with Crippen LogP contribution < -0.4 is 10.6 Å². The summed E-state index contributed by atoms with van der Waals surface area (Å²) in [6.45, 7) is 7.87. The fraction of sp³-hybridized carbons (Fsp3) is 0.375. The molecular formula is C24H31ClN4O2. The second-order valence-corrected chi connectivity index (χ2v) is 8.21. The number of aryl methyl sites for hydroxylation is 2. The third kappa shape index (κ3) is 4.71. The Balaban J connectivity index is 0.00000272. The number of hydrogen-bond donors (Lipinski definition) is 3. The summed E-state index contributed by atoms with van der Waals surface area (Å²) in [6, 6.07) is 11.8. The van der Waals surface area contributed by atoms with Gasteiger partial charge in [0.2, 0.25) is 0 Å². The Hall–Kier alpha value is -2.54. The number of nitrogens with zero attached hydrogens (tertiary/aromatic N) is 2. The van der Waals surface area contributed by atoms with Gasteiger partial charge in [-0.15, -0.1) is 12.4 Å². The molecule has 1 aliphatic rings. The maximum atomic E-state index is 12.2. The monoisotopic (exact) mass is 442 g/mol. The van der Waals surface area contributed by atoms with Crippen molar-refractivity contribution in [2.45, 2.75) is 26.3 Å². The molecule has 4 N–H and O–H groups in total. The van der Waals surface area contributed by atoms with Gasteiger partial charge >= 0.3 is 5.97 Å². The van der Waals surface area contributed by atoms with Crippen LogP contribution >= 0.6 is 12.4 Å². The van der Waals surface area contributed by atoms with E-state index >= 15 is 0 Å². The zero-order valence-corrected chi connectivity index (χ0v) is 18.9. The molecule has 0 radical (unpaired) electrons. The number of piperazine rings is 1. The SMILES string of the molecule is Cc1ccc(N2CCN(C(C(=O)O)c3ccc4[nH]cc(CCN)c4c3)CC2)c(C)c1.Cl. The fourth-order valence-corrected chi connectivity index (χ4v) is 4.62. The van der Waals surface area contributed by atoms with Crippen molar-refractivity contribution in [2.75, 3.05) is 37.6 Å². The zero-order chi connectivity index (χ0) is 21.3. The van der Waals surface area contributed by atoms with E-state index in [1.165, 1.54) is 16.8 Å². The molecule has 0 saturated carbocycles. The molecule has 0 aliphatic carbocycles. The Labute approximate surface area is 189 Å². The van der Waals surface area contributed by atoms with E-state index in [9.17, 15) is 9.90 Å². The van der Waals surface area contributed by atoms with Gasteiger partial charge in [-0.25, -0.2) is 0 Å². The first-order chi connectivity index (χ1) is 14.5. The highest BCUT2D eigenvalue weighted by molar-refractivity contribution is 5.86. The molecule has 0 spiro atoms. The van der Waals surface area contributed by atoms with Gasteiger partial charge in [-0.3, -0.25) is 9.69 Å². The largest absolute Gasteiger partial charge is 0.480 e. The highest BCUT2D eigenvalue weighted by Crippen LogP contribution is 2.29. The minimum absolute atomic E-state index is 0. The summed E-state index contributed by atoms with van der Waals surface area (Å²) in [4.78, 5) is 19.9. The average molecular weight is 443 g/mol. The zero-order valence-electron chi connectivity index (χ0n) is 18.1. The van der Waals surface area contributed by atoms with Crippen LogP contribution in [0.1, 0.15) is 28.3 Å². The number of rotatable bonds is 6. The number of nitrogens with one attached hydrogen (secondary N) is 1. The second kappa shape index (κ2) is 9.73.